The third kappa shape index (κ3) is 4.47. The van der Waals surface area contributed by atoms with Crippen molar-refractivity contribution in [2.75, 3.05) is 0 Å². The van der Waals surface area contributed by atoms with Crippen LogP contribution in [0.1, 0.15) is 63.5 Å². The predicted molar refractivity (Wildman–Crippen MR) is 89.8 cm³/mol. The number of hydrogen-bond acceptors (Lipinski definition) is 2. The Morgan fingerprint density at radius 1 is 1.24 bits per heavy atom. The fourth-order valence-corrected chi connectivity index (χ4v) is 3.37. The number of ether oxygens (including phenoxy) is 1. The molecular weight excluding hydrogens is 258 g/mol. The van der Waals surface area contributed by atoms with Crippen LogP contribution in [-0.4, -0.2) is 12.1 Å². The first kappa shape index (κ1) is 16.4. The Balaban J connectivity index is 2.14. The van der Waals surface area contributed by atoms with Gasteiger partial charge in [0.2, 0.25) is 0 Å². The van der Waals surface area contributed by atoms with Gasteiger partial charge in [-0.25, -0.2) is 0 Å². The minimum absolute atomic E-state index is 0.225. The van der Waals surface area contributed by atoms with Crippen molar-refractivity contribution >= 4 is 0 Å². The van der Waals surface area contributed by atoms with E-state index in [9.17, 15) is 0 Å². The summed E-state index contributed by atoms with van der Waals surface area (Å²) in [5, 5.41) is 0. The van der Waals surface area contributed by atoms with E-state index in [0.29, 0.717) is 12.0 Å². The Labute approximate surface area is 130 Å². The van der Waals surface area contributed by atoms with Crippen LogP contribution in [0.15, 0.2) is 18.2 Å². The van der Waals surface area contributed by atoms with E-state index < -0.39 is 0 Å². The molecule has 2 heteroatoms. The van der Waals surface area contributed by atoms with E-state index in [1.807, 2.05) is 0 Å². The molecule has 1 aromatic rings. The summed E-state index contributed by atoms with van der Waals surface area (Å²) < 4.78 is 6.43. The SMILES string of the molecule is CCC(N)Cc1cc(C)ccc1OC1CCCCC1CC. The lowest BCUT2D eigenvalue weighted by atomic mass is 9.84. The highest BCUT2D eigenvalue weighted by atomic mass is 16.5. The Morgan fingerprint density at radius 3 is 2.71 bits per heavy atom. The molecule has 1 fully saturated rings. The first-order chi connectivity index (χ1) is 10.1. The molecule has 3 unspecified atom stereocenters. The highest BCUT2D eigenvalue weighted by Gasteiger charge is 2.26. The summed E-state index contributed by atoms with van der Waals surface area (Å²) >= 11 is 0. The molecule has 1 aromatic carbocycles. The van der Waals surface area contributed by atoms with Gasteiger partial charge in [0.25, 0.3) is 0 Å². The number of aryl methyl sites for hydroxylation is 1. The van der Waals surface area contributed by atoms with Gasteiger partial charge in [-0.05, 0) is 63.0 Å². The van der Waals surface area contributed by atoms with E-state index in [4.69, 9.17) is 10.5 Å². The molecule has 2 N–H and O–H groups in total. The van der Waals surface area contributed by atoms with Crippen molar-refractivity contribution in [1.29, 1.82) is 0 Å². The first-order valence-electron chi connectivity index (χ1n) is 8.65. The van der Waals surface area contributed by atoms with Gasteiger partial charge in [0.05, 0.1) is 0 Å². The molecule has 1 aliphatic rings. The topological polar surface area (TPSA) is 35.2 Å². The zero-order chi connectivity index (χ0) is 15.2. The lowest BCUT2D eigenvalue weighted by molar-refractivity contribution is 0.0893. The lowest BCUT2D eigenvalue weighted by Crippen LogP contribution is -2.30. The van der Waals surface area contributed by atoms with Crippen LogP contribution >= 0.6 is 0 Å². The lowest BCUT2D eigenvalue weighted by Gasteiger charge is -2.32. The van der Waals surface area contributed by atoms with Crippen LogP contribution in [0.25, 0.3) is 0 Å². The predicted octanol–water partition coefficient (Wildman–Crippen LogP) is 4.62. The number of hydrogen-bond donors (Lipinski definition) is 1. The van der Waals surface area contributed by atoms with Gasteiger partial charge in [-0.15, -0.1) is 0 Å². The Bertz CT molecular complexity index is 443. The van der Waals surface area contributed by atoms with E-state index in [1.165, 1.54) is 43.2 Å². The Kier molecular flexibility index (Phi) is 6.10. The molecule has 3 atom stereocenters. The summed E-state index contributed by atoms with van der Waals surface area (Å²) in [6.45, 7) is 6.57. The normalized spacial score (nSPS) is 23.8. The van der Waals surface area contributed by atoms with Crippen molar-refractivity contribution in [1.82, 2.24) is 0 Å². The molecule has 2 nitrogen and oxygen atoms in total. The van der Waals surface area contributed by atoms with Crippen molar-refractivity contribution < 1.29 is 4.74 Å². The van der Waals surface area contributed by atoms with Gasteiger partial charge in [-0.1, -0.05) is 38.0 Å². The largest absolute Gasteiger partial charge is 0.490 e. The third-order valence-corrected chi connectivity index (χ3v) is 4.86. The van der Waals surface area contributed by atoms with Crippen LogP contribution in [0.4, 0.5) is 0 Å². The fourth-order valence-electron chi connectivity index (χ4n) is 3.37. The maximum Gasteiger partial charge on any atom is 0.122 e. The Morgan fingerprint density at radius 2 is 2.00 bits per heavy atom. The zero-order valence-electron chi connectivity index (χ0n) is 13.9. The molecule has 21 heavy (non-hydrogen) atoms. The quantitative estimate of drug-likeness (QED) is 0.829. The van der Waals surface area contributed by atoms with Crippen LogP contribution in [0.2, 0.25) is 0 Å². The molecule has 0 saturated heterocycles. The number of benzene rings is 1. The van der Waals surface area contributed by atoms with Crippen LogP contribution in [-0.2, 0) is 6.42 Å². The monoisotopic (exact) mass is 289 g/mol. The van der Waals surface area contributed by atoms with Crippen LogP contribution in [0.5, 0.6) is 5.75 Å². The summed E-state index contributed by atoms with van der Waals surface area (Å²) in [5.74, 6) is 1.78. The molecule has 0 aromatic heterocycles. The molecule has 0 aliphatic heterocycles. The minimum atomic E-state index is 0.225. The third-order valence-electron chi connectivity index (χ3n) is 4.86. The number of nitrogens with two attached hydrogens (primary N) is 1. The van der Waals surface area contributed by atoms with E-state index >= 15 is 0 Å². The molecule has 0 amide bonds. The smallest absolute Gasteiger partial charge is 0.122 e. The molecule has 1 aliphatic carbocycles. The second-order valence-electron chi connectivity index (χ2n) is 6.59. The fraction of sp³-hybridized carbons (Fsp3) is 0.684. The van der Waals surface area contributed by atoms with E-state index in [-0.39, 0.29) is 6.04 Å². The van der Waals surface area contributed by atoms with Crippen molar-refractivity contribution in [3.05, 3.63) is 29.3 Å². The van der Waals surface area contributed by atoms with Gasteiger partial charge in [0.15, 0.2) is 0 Å². The molecule has 0 spiro atoms. The van der Waals surface area contributed by atoms with Crippen LogP contribution in [0, 0.1) is 12.8 Å². The van der Waals surface area contributed by atoms with E-state index in [1.54, 1.807) is 0 Å². The highest BCUT2D eigenvalue weighted by molar-refractivity contribution is 5.37. The summed E-state index contributed by atoms with van der Waals surface area (Å²) in [6, 6.07) is 6.77. The van der Waals surface area contributed by atoms with Crippen molar-refractivity contribution in [2.45, 2.75) is 77.9 Å². The van der Waals surface area contributed by atoms with Gasteiger partial charge in [-0.3, -0.25) is 0 Å². The maximum absolute atomic E-state index is 6.43. The van der Waals surface area contributed by atoms with Crippen molar-refractivity contribution in [3.63, 3.8) is 0 Å². The first-order valence-corrected chi connectivity index (χ1v) is 8.65. The van der Waals surface area contributed by atoms with Gasteiger partial charge in [0.1, 0.15) is 11.9 Å². The second-order valence-corrected chi connectivity index (χ2v) is 6.59. The second kappa shape index (κ2) is 7.84. The summed E-state index contributed by atoms with van der Waals surface area (Å²) in [4.78, 5) is 0. The molecule has 118 valence electrons. The van der Waals surface area contributed by atoms with E-state index in [0.717, 1.165) is 18.6 Å². The van der Waals surface area contributed by atoms with Crippen molar-refractivity contribution in [3.8, 4) is 5.75 Å². The highest BCUT2D eigenvalue weighted by Crippen LogP contribution is 2.32. The summed E-state index contributed by atoms with van der Waals surface area (Å²) in [5.41, 5.74) is 8.73. The minimum Gasteiger partial charge on any atom is -0.490 e. The average molecular weight is 289 g/mol. The van der Waals surface area contributed by atoms with Gasteiger partial charge in [-0.2, -0.15) is 0 Å². The van der Waals surface area contributed by atoms with Gasteiger partial charge < -0.3 is 10.5 Å². The van der Waals surface area contributed by atoms with Gasteiger partial charge >= 0.3 is 0 Å². The molecular formula is C19H31NO. The standard InChI is InChI=1S/C19H31NO/c1-4-15-8-6-7-9-18(15)21-19-11-10-14(3)12-16(19)13-17(20)5-2/h10-12,15,17-18H,4-9,13,20H2,1-3H3. The van der Waals surface area contributed by atoms with Gasteiger partial charge in [0, 0.05) is 6.04 Å². The molecule has 0 heterocycles. The molecule has 0 bridgehead atoms. The molecule has 2 rings (SSSR count). The zero-order valence-corrected chi connectivity index (χ0v) is 13.9. The van der Waals surface area contributed by atoms with Crippen LogP contribution < -0.4 is 10.5 Å². The Hall–Kier alpha value is -1.02. The number of rotatable bonds is 6. The summed E-state index contributed by atoms with van der Waals surface area (Å²) in [7, 11) is 0. The van der Waals surface area contributed by atoms with E-state index in [2.05, 4.69) is 39.0 Å². The maximum atomic E-state index is 6.43. The summed E-state index contributed by atoms with van der Waals surface area (Å²) in [6.07, 6.45) is 8.72. The molecule has 1 saturated carbocycles. The molecule has 0 radical (unpaired) electrons. The van der Waals surface area contributed by atoms with Crippen LogP contribution in [0.3, 0.4) is 0 Å². The average Bonchev–Trinajstić information content (AvgIpc) is 2.50. The van der Waals surface area contributed by atoms with Crippen molar-refractivity contribution in [2.24, 2.45) is 11.7 Å².